The summed E-state index contributed by atoms with van der Waals surface area (Å²) >= 11 is 0. The molecule has 1 aromatic carbocycles. The first-order chi connectivity index (χ1) is 12.2. The minimum absolute atomic E-state index is 0.0684. The van der Waals surface area contributed by atoms with Crippen molar-refractivity contribution in [1.82, 2.24) is 15.1 Å². The highest BCUT2D eigenvalue weighted by Crippen LogP contribution is 2.27. The molecule has 0 radical (unpaired) electrons. The zero-order valence-electron chi connectivity index (χ0n) is 14.4. The standard InChI is InChI=1S/C19H20N4O2/c1-3-20-17-10-13-11-23(9-8-15(13)21-22-17)19(24)18-12(2)14-6-4-5-7-16(14)25-18/h4-7,10H,3,8-9,11H2,1-2H3,(H,20,22). The van der Waals surface area contributed by atoms with E-state index in [9.17, 15) is 4.79 Å². The second-order valence-electron chi connectivity index (χ2n) is 6.26. The van der Waals surface area contributed by atoms with Crippen LogP contribution < -0.4 is 5.32 Å². The fourth-order valence-corrected chi connectivity index (χ4v) is 3.29. The van der Waals surface area contributed by atoms with Crippen LogP contribution in [0.1, 0.15) is 34.3 Å². The molecular formula is C19H20N4O2. The van der Waals surface area contributed by atoms with E-state index in [0.29, 0.717) is 25.3 Å². The molecule has 1 amide bonds. The number of nitrogens with one attached hydrogen (secondary N) is 1. The van der Waals surface area contributed by atoms with Crippen molar-refractivity contribution in [2.75, 3.05) is 18.4 Å². The van der Waals surface area contributed by atoms with Gasteiger partial charge in [0.2, 0.25) is 0 Å². The minimum Gasteiger partial charge on any atom is -0.451 e. The molecule has 0 saturated heterocycles. The number of furan rings is 1. The first-order valence-electron chi connectivity index (χ1n) is 8.54. The number of aryl methyl sites for hydroxylation is 1. The molecule has 4 rings (SSSR count). The van der Waals surface area contributed by atoms with Gasteiger partial charge < -0.3 is 14.6 Å². The first kappa shape index (κ1) is 15.6. The largest absolute Gasteiger partial charge is 0.451 e. The summed E-state index contributed by atoms with van der Waals surface area (Å²) in [6, 6.07) is 9.73. The van der Waals surface area contributed by atoms with Crippen LogP contribution in [0.15, 0.2) is 34.7 Å². The Bertz CT molecular complexity index is 948. The van der Waals surface area contributed by atoms with Crippen LogP contribution in [-0.2, 0) is 13.0 Å². The maximum Gasteiger partial charge on any atom is 0.290 e. The number of rotatable bonds is 3. The molecule has 0 saturated carbocycles. The van der Waals surface area contributed by atoms with E-state index in [1.807, 2.05) is 49.1 Å². The van der Waals surface area contributed by atoms with Gasteiger partial charge in [-0.2, -0.15) is 5.10 Å². The van der Waals surface area contributed by atoms with Crippen molar-refractivity contribution in [2.24, 2.45) is 0 Å². The van der Waals surface area contributed by atoms with Gasteiger partial charge in [0.05, 0.1) is 5.69 Å². The van der Waals surface area contributed by atoms with Crippen molar-refractivity contribution in [3.8, 4) is 0 Å². The molecule has 0 fully saturated rings. The van der Waals surface area contributed by atoms with E-state index in [-0.39, 0.29) is 5.91 Å². The van der Waals surface area contributed by atoms with Crippen LogP contribution >= 0.6 is 0 Å². The molecule has 0 unspecified atom stereocenters. The van der Waals surface area contributed by atoms with E-state index >= 15 is 0 Å². The summed E-state index contributed by atoms with van der Waals surface area (Å²) in [6.45, 7) is 5.89. The summed E-state index contributed by atoms with van der Waals surface area (Å²) in [6.07, 6.45) is 0.708. The lowest BCUT2D eigenvalue weighted by molar-refractivity contribution is 0.0702. The highest BCUT2D eigenvalue weighted by molar-refractivity contribution is 5.99. The summed E-state index contributed by atoms with van der Waals surface area (Å²) in [5, 5.41) is 12.6. The number of hydrogen-bond acceptors (Lipinski definition) is 5. The van der Waals surface area contributed by atoms with Crippen molar-refractivity contribution in [1.29, 1.82) is 0 Å². The number of benzene rings is 1. The molecule has 1 aliphatic rings. The Morgan fingerprint density at radius 1 is 1.32 bits per heavy atom. The third-order valence-corrected chi connectivity index (χ3v) is 4.62. The van der Waals surface area contributed by atoms with Gasteiger partial charge in [0.1, 0.15) is 11.4 Å². The Morgan fingerprint density at radius 2 is 2.16 bits per heavy atom. The first-order valence-corrected chi connectivity index (χ1v) is 8.54. The lowest BCUT2D eigenvalue weighted by Crippen LogP contribution is -2.36. The lowest BCUT2D eigenvalue weighted by atomic mass is 10.1. The molecule has 3 aromatic rings. The SMILES string of the molecule is CCNc1cc2c(nn1)CCN(C(=O)c1oc3ccccc3c1C)C2. The van der Waals surface area contributed by atoms with Gasteiger partial charge in [0, 0.05) is 37.0 Å². The van der Waals surface area contributed by atoms with E-state index in [2.05, 4.69) is 15.5 Å². The fourth-order valence-electron chi connectivity index (χ4n) is 3.29. The maximum atomic E-state index is 13.0. The molecular weight excluding hydrogens is 316 g/mol. The van der Waals surface area contributed by atoms with E-state index in [4.69, 9.17) is 4.42 Å². The Balaban J connectivity index is 1.63. The Kier molecular flexibility index (Phi) is 3.87. The molecule has 1 N–H and O–H groups in total. The number of hydrogen-bond donors (Lipinski definition) is 1. The summed E-state index contributed by atoms with van der Waals surface area (Å²) in [7, 11) is 0. The molecule has 0 bridgehead atoms. The third-order valence-electron chi connectivity index (χ3n) is 4.62. The van der Waals surface area contributed by atoms with Gasteiger partial charge in [-0.15, -0.1) is 5.10 Å². The van der Waals surface area contributed by atoms with Crippen LogP contribution in [0.3, 0.4) is 0 Å². The zero-order chi connectivity index (χ0) is 17.4. The molecule has 2 aromatic heterocycles. The van der Waals surface area contributed by atoms with Gasteiger partial charge in [-0.25, -0.2) is 0 Å². The molecule has 25 heavy (non-hydrogen) atoms. The molecule has 6 heteroatoms. The summed E-state index contributed by atoms with van der Waals surface area (Å²) in [4.78, 5) is 14.8. The Labute approximate surface area is 145 Å². The smallest absolute Gasteiger partial charge is 0.290 e. The maximum absolute atomic E-state index is 13.0. The zero-order valence-corrected chi connectivity index (χ0v) is 14.4. The number of carbonyl (C=O) groups excluding carboxylic acids is 1. The van der Waals surface area contributed by atoms with E-state index in [1.54, 1.807) is 0 Å². The van der Waals surface area contributed by atoms with Gasteiger partial charge >= 0.3 is 0 Å². The van der Waals surface area contributed by atoms with Gasteiger partial charge in [-0.3, -0.25) is 4.79 Å². The summed E-state index contributed by atoms with van der Waals surface area (Å²) in [5.41, 5.74) is 3.65. The molecule has 6 nitrogen and oxygen atoms in total. The number of para-hydroxylation sites is 1. The second-order valence-corrected chi connectivity index (χ2v) is 6.26. The van der Waals surface area contributed by atoms with Crippen LogP contribution in [0, 0.1) is 6.92 Å². The lowest BCUT2D eigenvalue weighted by Gasteiger charge is -2.27. The number of aromatic nitrogens is 2. The van der Waals surface area contributed by atoms with Crippen molar-refractivity contribution >= 4 is 22.7 Å². The topological polar surface area (TPSA) is 71.3 Å². The van der Waals surface area contributed by atoms with Crippen molar-refractivity contribution in [3.05, 3.63) is 52.9 Å². The van der Waals surface area contributed by atoms with Crippen molar-refractivity contribution in [2.45, 2.75) is 26.8 Å². The number of nitrogens with zero attached hydrogens (tertiary/aromatic N) is 3. The number of carbonyl (C=O) groups is 1. The van der Waals surface area contributed by atoms with Crippen molar-refractivity contribution in [3.63, 3.8) is 0 Å². The van der Waals surface area contributed by atoms with E-state index < -0.39 is 0 Å². The van der Waals surface area contributed by atoms with E-state index in [0.717, 1.165) is 40.2 Å². The van der Waals surface area contributed by atoms with Crippen LogP contribution in [0.4, 0.5) is 5.82 Å². The minimum atomic E-state index is -0.0684. The number of amides is 1. The normalized spacial score (nSPS) is 13.8. The highest BCUT2D eigenvalue weighted by atomic mass is 16.3. The average Bonchev–Trinajstić information content (AvgIpc) is 2.98. The molecule has 1 aliphatic heterocycles. The molecule has 0 spiro atoms. The Hall–Kier alpha value is -2.89. The fraction of sp³-hybridized carbons (Fsp3) is 0.316. The molecule has 3 heterocycles. The predicted molar refractivity (Wildman–Crippen MR) is 95.6 cm³/mol. The highest BCUT2D eigenvalue weighted by Gasteiger charge is 2.27. The third kappa shape index (κ3) is 2.73. The van der Waals surface area contributed by atoms with Crippen LogP contribution in [0.2, 0.25) is 0 Å². The van der Waals surface area contributed by atoms with Crippen LogP contribution in [0.25, 0.3) is 11.0 Å². The van der Waals surface area contributed by atoms with E-state index in [1.165, 1.54) is 0 Å². The quantitative estimate of drug-likeness (QED) is 0.795. The molecule has 0 atom stereocenters. The predicted octanol–water partition coefficient (Wildman–Crippen LogP) is 3.16. The Morgan fingerprint density at radius 3 is 2.96 bits per heavy atom. The monoisotopic (exact) mass is 336 g/mol. The molecule has 0 aliphatic carbocycles. The van der Waals surface area contributed by atoms with Crippen LogP contribution in [0.5, 0.6) is 0 Å². The second kappa shape index (κ2) is 6.20. The van der Waals surface area contributed by atoms with Gasteiger partial charge in [-0.1, -0.05) is 18.2 Å². The average molecular weight is 336 g/mol. The van der Waals surface area contributed by atoms with Gasteiger partial charge in [0.15, 0.2) is 5.76 Å². The van der Waals surface area contributed by atoms with Gasteiger partial charge in [0.25, 0.3) is 5.91 Å². The number of anilines is 1. The molecule has 128 valence electrons. The number of fused-ring (bicyclic) bond motifs is 2. The van der Waals surface area contributed by atoms with Crippen molar-refractivity contribution < 1.29 is 9.21 Å². The summed E-state index contributed by atoms with van der Waals surface area (Å²) in [5.74, 6) is 1.11. The van der Waals surface area contributed by atoms with Gasteiger partial charge in [-0.05, 0) is 31.5 Å². The summed E-state index contributed by atoms with van der Waals surface area (Å²) < 4.78 is 5.83. The van der Waals surface area contributed by atoms with Crippen LogP contribution in [-0.4, -0.2) is 34.1 Å².